The maximum atomic E-state index is 5.27. The van der Waals surface area contributed by atoms with Gasteiger partial charge in [-0.3, -0.25) is 0 Å². The zero-order valence-corrected chi connectivity index (χ0v) is 10.9. The summed E-state index contributed by atoms with van der Waals surface area (Å²) in [4.78, 5) is 0. The fourth-order valence-electron chi connectivity index (χ4n) is 1.46. The fraction of sp³-hybridized carbons (Fsp3) is 0.300. The second-order valence-electron chi connectivity index (χ2n) is 3.19. The lowest BCUT2D eigenvalue weighted by Gasteiger charge is -1.96. The number of rotatable bonds is 2. The second-order valence-corrected chi connectivity index (χ2v) is 4.84. The largest absolute Gasteiger partial charge is 0.355 e. The van der Waals surface area contributed by atoms with Crippen LogP contribution in [0, 0.1) is 6.92 Å². The molecule has 0 bridgehead atoms. The molecule has 0 fully saturated rings. The first-order valence-corrected chi connectivity index (χ1v) is 6.24. The zero-order valence-electron chi connectivity index (χ0n) is 7.68. The summed E-state index contributed by atoms with van der Waals surface area (Å²) in [6.07, 6.45) is 0.892. The molecular weight excluding hydrogens is 310 g/mol. The van der Waals surface area contributed by atoms with Gasteiger partial charge in [0.15, 0.2) is 5.58 Å². The van der Waals surface area contributed by atoms with E-state index >= 15 is 0 Å². The monoisotopic (exact) mass is 317 g/mol. The number of aryl methyl sites for hydroxylation is 2. The van der Waals surface area contributed by atoms with Crippen LogP contribution in [0.4, 0.5) is 0 Å². The molecule has 14 heavy (non-hydrogen) atoms. The number of aromatic nitrogens is 1. The van der Waals surface area contributed by atoms with Crippen LogP contribution in [-0.4, -0.2) is 10.5 Å². The van der Waals surface area contributed by atoms with Gasteiger partial charge in [-0.05, 0) is 40.5 Å². The number of hydrogen-bond donors (Lipinski definition) is 0. The zero-order chi connectivity index (χ0) is 10.1. The summed E-state index contributed by atoms with van der Waals surface area (Å²) >= 11 is 6.87. The van der Waals surface area contributed by atoms with Crippen LogP contribution in [-0.2, 0) is 6.42 Å². The van der Waals surface area contributed by atoms with E-state index in [4.69, 9.17) is 4.52 Å². The van der Waals surface area contributed by atoms with Crippen molar-refractivity contribution in [1.29, 1.82) is 0 Å². The van der Waals surface area contributed by atoms with E-state index in [-0.39, 0.29) is 0 Å². The maximum Gasteiger partial charge on any atom is 0.181 e. The van der Waals surface area contributed by atoms with E-state index in [0.29, 0.717) is 0 Å². The molecule has 0 amide bonds. The lowest BCUT2D eigenvalue weighted by atomic mass is 10.1. The minimum atomic E-state index is 0.839. The summed E-state index contributed by atoms with van der Waals surface area (Å²) < 4.78 is 6.24. The standard InChI is InChI=1S/C10H9Br2NO/c1-6-4-7-9(2-3-11)13-14-10(7)8(12)5-6/h4-5H,2-3H2,1H3. The van der Waals surface area contributed by atoms with E-state index in [1.165, 1.54) is 5.56 Å². The van der Waals surface area contributed by atoms with Crippen molar-refractivity contribution in [2.75, 3.05) is 5.33 Å². The molecule has 1 heterocycles. The van der Waals surface area contributed by atoms with Gasteiger partial charge in [0.25, 0.3) is 0 Å². The molecule has 1 aromatic heterocycles. The molecule has 2 nitrogen and oxygen atoms in total. The Bertz CT molecular complexity index is 464. The van der Waals surface area contributed by atoms with E-state index in [2.05, 4.69) is 50.0 Å². The number of benzene rings is 1. The Morgan fingerprint density at radius 3 is 2.93 bits per heavy atom. The first-order chi connectivity index (χ1) is 6.72. The van der Waals surface area contributed by atoms with Crippen molar-refractivity contribution >= 4 is 42.8 Å². The topological polar surface area (TPSA) is 26.0 Å². The van der Waals surface area contributed by atoms with E-state index in [1.54, 1.807) is 0 Å². The third-order valence-electron chi connectivity index (χ3n) is 2.08. The first-order valence-electron chi connectivity index (χ1n) is 4.32. The minimum Gasteiger partial charge on any atom is -0.355 e. The molecule has 0 saturated heterocycles. The summed E-state index contributed by atoms with van der Waals surface area (Å²) in [5.74, 6) is 0. The average molecular weight is 319 g/mol. The Labute approximate surface area is 98.9 Å². The summed E-state index contributed by atoms with van der Waals surface area (Å²) in [6.45, 7) is 2.06. The SMILES string of the molecule is Cc1cc(Br)c2onc(CCBr)c2c1. The van der Waals surface area contributed by atoms with Crippen molar-refractivity contribution in [1.82, 2.24) is 5.16 Å². The van der Waals surface area contributed by atoms with Crippen molar-refractivity contribution in [2.45, 2.75) is 13.3 Å². The van der Waals surface area contributed by atoms with Crippen molar-refractivity contribution < 1.29 is 4.52 Å². The van der Waals surface area contributed by atoms with Gasteiger partial charge in [-0.25, -0.2) is 0 Å². The molecule has 0 atom stereocenters. The van der Waals surface area contributed by atoms with Crippen LogP contribution in [0.5, 0.6) is 0 Å². The molecule has 2 aromatic rings. The average Bonchev–Trinajstić information content (AvgIpc) is 2.49. The van der Waals surface area contributed by atoms with Gasteiger partial charge < -0.3 is 4.52 Å². The maximum absolute atomic E-state index is 5.27. The van der Waals surface area contributed by atoms with Gasteiger partial charge in [0.2, 0.25) is 0 Å². The van der Waals surface area contributed by atoms with Crippen molar-refractivity contribution in [3.05, 3.63) is 27.9 Å². The number of nitrogens with zero attached hydrogens (tertiary/aromatic N) is 1. The Kier molecular flexibility index (Phi) is 2.93. The molecule has 0 N–H and O–H groups in total. The first kappa shape index (κ1) is 10.2. The highest BCUT2D eigenvalue weighted by atomic mass is 79.9. The second kappa shape index (κ2) is 4.03. The van der Waals surface area contributed by atoms with Gasteiger partial charge in [0.1, 0.15) is 0 Å². The van der Waals surface area contributed by atoms with Crippen molar-refractivity contribution in [3.8, 4) is 0 Å². The van der Waals surface area contributed by atoms with Crippen LogP contribution in [0.15, 0.2) is 21.1 Å². The van der Waals surface area contributed by atoms with Gasteiger partial charge in [0, 0.05) is 17.1 Å². The summed E-state index contributed by atoms with van der Waals surface area (Å²) in [5, 5.41) is 6.06. The third-order valence-corrected chi connectivity index (χ3v) is 3.06. The van der Waals surface area contributed by atoms with Gasteiger partial charge in [-0.15, -0.1) is 0 Å². The Balaban J connectivity index is 2.66. The molecule has 1 aromatic carbocycles. The molecule has 0 aliphatic rings. The van der Waals surface area contributed by atoms with E-state index < -0.39 is 0 Å². The minimum absolute atomic E-state index is 0.839. The van der Waals surface area contributed by atoms with Crippen molar-refractivity contribution in [3.63, 3.8) is 0 Å². The highest BCUT2D eigenvalue weighted by Crippen LogP contribution is 2.28. The Hall–Kier alpha value is -0.350. The number of fused-ring (bicyclic) bond motifs is 1. The molecule has 0 saturated carbocycles. The predicted molar refractivity (Wildman–Crippen MR) is 63.9 cm³/mol. The van der Waals surface area contributed by atoms with E-state index in [0.717, 1.165) is 32.9 Å². The molecule has 2 rings (SSSR count). The van der Waals surface area contributed by atoms with Crippen LogP contribution in [0.1, 0.15) is 11.3 Å². The highest BCUT2D eigenvalue weighted by Gasteiger charge is 2.10. The van der Waals surface area contributed by atoms with Crippen molar-refractivity contribution in [2.24, 2.45) is 0 Å². The smallest absolute Gasteiger partial charge is 0.181 e. The molecule has 0 aliphatic heterocycles. The highest BCUT2D eigenvalue weighted by molar-refractivity contribution is 9.10. The lowest BCUT2D eigenvalue weighted by molar-refractivity contribution is 0.446. The van der Waals surface area contributed by atoms with Gasteiger partial charge >= 0.3 is 0 Å². The number of alkyl halides is 1. The third kappa shape index (κ3) is 1.73. The Morgan fingerprint density at radius 2 is 2.21 bits per heavy atom. The molecule has 0 radical (unpaired) electrons. The van der Waals surface area contributed by atoms with E-state index in [1.807, 2.05) is 6.07 Å². The normalized spacial score (nSPS) is 11.1. The number of hydrogen-bond acceptors (Lipinski definition) is 2. The molecular formula is C10H9Br2NO. The molecule has 0 aliphatic carbocycles. The van der Waals surface area contributed by atoms with Crippen LogP contribution < -0.4 is 0 Å². The Morgan fingerprint density at radius 1 is 1.43 bits per heavy atom. The van der Waals surface area contributed by atoms with Crippen LogP contribution >= 0.6 is 31.9 Å². The van der Waals surface area contributed by atoms with E-state index in [9.17, 15) is 0 Å². The van der Waals surface area contributed by atoms with Gasteiger partial charge in [-0.1, -0.05) is 21.1 Å². The van der Waals surface area contributed by atoms with Crippen LogP contribution in [0.3, 0.4) is 0 Å². The molecule has 4 heteroatoms. The van der Waals surface area contributed by atoms with Crippen LogP contribution in [0.25, 0.3) is 11.0 Å². The number of halogens is 2. The summed E-state index contributed by atoms with van der Waals surface area (Å²) in [6, 6.07) is 4.14. The quantitative estimate of drug-likeness (QED) is 0.786. The van der Waals surface area contributed by atoms with Crippen LogP contribution in [0.2, 0.25) is 0 Å². The molecule has 0 unspecified atom stereocenters. The molecule has 0 spiro atoms. The van der Waals surface area contributed by atoms with Gasteiger partial charge in [0.05, 0.1) is 10.2 Å². The summed E-state index contributed by atoms with van der Waals surface area (Å²) in [5.41, 5.74) is 3.07. The fourth-order valence-corrected chi connectivity index (χ4v) is 2.48. The predicted octanol–water partition coefficient (Wildman–Crippen LogP) is 3.84. The van der Waals surface area contributed by atoms with Gasteiger partial charge in [-0.2, -0.15) is 0 Å². The summed E-state index contributed by atoms with van der Waals surface area (Å²) in [7, 11) is 0. The lowest BCUT2D eigenvalue weighted by Crippen LogP contribution is -1.86. The molecule has 74 valence electrons.